The van der Waals surface area contributed by atoms with Crippen molar-refractivity contribution < 1.29 is 13.2 Å². The summed E-state index contributed by atoms with van der Waals surface area (Å²) < 4.78 is 26.7. The lowest BCUT2D eigenvalue weighted by atomic mass is 10.1. The third-order valence-electron chi connectivity index (χ3n) is 4.93. The smallest absolute Gasteiger partial charge is 0.244 e. The minimum Gasteiger partial charge on any atom is -0.308 e. The molecule has 0 saturated carbocycles. The summed E-state index contributed by atoms with van der Waals surface area (Å²) in [5.74, 6) is -1.05. The van der Waals surface area contributed by atoms with Crippen LogP contribution in [0.5, 0.6) is 0 Å². The quantitative estimate of drug-likeness (QED) is 0.556. The zero-order valence-electron chi connectivity index (χ0n) is 18.0. The molecule has 0 radical (unpaired) electrons. The van der Waals surface area contributed by atoms with E-state index in [0.717, 1.165) is 26.9 Å². The molecular formula is C22H27N3O3S2. The number of amides is 1. The number of aromatic nitrogens is 1. The van der Waals surface area contributed by atoms with Gasteiger partial charge >= 0.3 is 0 Å². The van der Waals surface area contributed by atoms with Crippen molar-refractivity contribution >= 4 is 42.4 Å². The van der Waals surface area contributed by atoms with Crippen molar-refractivity contribution in [3.63, 3.8) is 0 Å². The summed E-state index contributed by atoms with van der Waals surface area (Å²) in [5, 5.41) is 0.536. The summed E-state index contributed by atoms with van der Waals surface area (Å²) in [6.45, 7) is 6.86. The van der Waals surface area contributed by atoms with Crippen LogP contribution in [0.25, 0.3) is 10.2 Å². The molecule has 0 aliphatic rings. The van der Waals surface area contributed by atoms with E-state index >= 15 is 0 Å². The van der Waals surface area contributed by atoms with Gasteiger partial charge in [-0.15, -0.1) is 0 Å². The van der Waals surface area contributed by atoms with Gasteiger partial charge in [0.05, 0.1) is 15.1 Å². The molecule has 0 unspecified atom stereocenters. The van der Waals surface area contributed by atoms with Crippen molar-refractivity contribution in [3.8, 4) is 0 Å². The Labute approximate surface area is 182 Å². The predicted octanol–water partition coefficient (Wildman–Crippen LogP) is 3.59. The van der Waals surface area contributed by atoms with Gasteiger partial charge in [0.15, 0.2) is 15.0 Å². The Bertz CT molecular complexity index is 1130. The molecule has 160 valence electrons. The summed E-state index contributed by atoms with van der Waals surface area (Å²) in [6.07, 6.45) is 0. The molecule has 0 saturated heterocycles. The largest absolute Gasteiger partial charge is 0.308 e. The molecule has 1 aromatic heterocycles. The molecule has 0 aliphatic heterocycles. The fraction of sp³-hybridized carbons (Fsp3) is 0.364. The Hall–Kier alpha value is -2.29. The van der Waals surface area contributed by atoms with Gasteiger partial charge in [0.2, 0.25) is 5.91 Å². The van der Waals surface area contributed by atoms with Crippen LogP contribution in [0.3, 0.4) is 0 Å². The molecule has 2 aromatic carbocycles. The van der Waals surface area contributed by atoms with E-state index in [-0.39, 0.29) is 4.90 Å². The summed E-state index contributed by atoms with van der Waals surface area (Å²) in [7, 11) is 0.0878. The van der Waals surface area contributed by atoms with E-state index in [1.54, 1.807) is 24.3 Å². The molecule has 0 N–H and O–H groups in total. The number of aryl methyl sites for hydroxylation is 3. The molecule has 0 bridgehead atoms. The first kappa shape index (κ1) is 22.4. The maximum Gasteiger partial charge on any atom is 0.244 e. The number of hydrogen-bond acceptors (Lipinski definition) is 6. The second-order valence-corrected chi connectivity index (χ2v) is 10.8. The zero-order chi connectivity index (χ0) is 22.1. The van der Waals surface area contributed by atoms with Crippen molar-refractivity contribution in [1.29, 1.82) is 0 Å². The maximum absolute atomic E-state index is 13.2. The molecular weight excluding hydrogens is 418 g/mol. The number of carbonyl (C=O) groups excluding carboxylic acids is 1. The van der Waals surface area contributed by atoms with Crippen LogP contribution in [0.15, 0.2) is 41.3 Å². The lowest BCUT2D eigenvalue weighted by Crippen LogP contribution is -2.40. The minimum atomic E-state index is -3.74. The van der Waals surface area contributed by atoms with Crippen LogP contribution in [-0.2, 0) is 14.6 Å². The first-order chi connectivity index (χ1) is 14.1. The van der Waals surface area contributed by atoms with E-state index in [2.05, 4.69) is 0 Å². The Morgan fingerprint density at radius 2 is 1.60 bits per heavy atom. The number of hydrogen-bond donors (Lipinski definition) is 0. The number of likely N-dealkylation sites (N-methyl/N-ethyl adjacent to an activating group) is 1. The van der Waals surface area contributed by atoms with Crippen molar-refractivity contribution in [2.75, 3.05) is 37.8 Å². The third-order valence-corrected chi connectivity index (χ3v) is 7.76. The Morgan fingerprint density at radius 3 is 2.20 bits per heavy atom. The summed E-state index contributed by atoms with van der Waals surface area (Å²) in [4.78, 5) is 21.5. The number of fused-ring (bicyclic) bond motifs is 1. The standard InChI is InChI=1S/C22H27N3O3S2/c1-15-6-10-18(11-7-15)30(27,28)14-19(26)25(13-12-24(4)5)22-23-20-16(2)8-9-17(3)21(20)29-22/h6-11H,12-14H2,1-5H3. The molecule has 3 aromatic rings. The van der Waals surface area contributed by atoms with E-state index < -0.39 is 21.5 Å². The number of anilines is 1. The number of nitrogens with zero attached hydrogens (tertiary/aromatic N) is 3. The van der Waals surface area contributed by atoms with E-state index in [9.17, 15) is 13.2 Å². The van der Waals surface area contributed by atoms with Gasteiger partial charge in [-0.05, 0) is 58.1 Å². The van der Waals surface area contributed by atoms with Gasteiger partial charge < -0.3 is 4.90 Å². The van der Waals surface area contributed by atoms with Crippen LogP contribution < -0.4 is 4.90 Å². The molecule has 1 heterocycles. The highest BCUT2D eigenvalue weighted by atomic mass is 32.2. The third kappa shape index (κ3) is 4.88. The monoisotopic (exact) mass is 445 g/mol. The molecule has 6 nitrogen and oxygen atoms in total. The van der Waals surface area contributed by atoms with Gasteiger partial charge in [0, 0.05) is 13.1 Å². The topological polar surface area (TPSA) is 70.6 Å². The van der Waals surface area contributed by atoms with Crippen LogP contribution >= 0.6 is 11.3 Å². The van der Waals surface area contributed by atoms with E-state index in [4.69, 9.17) is 4.98 Å². The number of sulfone groups is 1. The summed E-state index contributed by atoms with van der Waals surface area (Å²) >= 11 is 1.43. The van der Waals surface area contributed by atoms with Crippen LogP contribution in [-0.4, -0.2) is 57.1 Å². The molecule has 0 atom stereocenters. The highest BCUT2D eigenvalue weighted by Gasteiger charge is 2.27. The molecule has 0 aliphatic carbocycles. The van der Waals surface area contributed by atoms with Crippen LogP contribution in [0, 0.1) is 20.8 Å². The van der Waals surface area contributed by atoms with Gasteiger partial charge in [-0.3, -0.25) is 9.69 Å². The van der Waals surface area contributed by atoms with Crippen molar-refractivity contribution in [1.82, 2.24) is 9.88 Å². The van der Waals surface area contributed by atoms with Crippen molar-refractivity contribution in [2.24, 2.45) is 0 Å². The van der Waals surface area contributed by atoms with Crippen molar-refractivity contribution in [2.45, 2.75) is 25.7 Å². The van der Waals surface area contributed by atoms with Crippen LogP contribution in [0.1, 0.15) is 16.7 Å². The Morgan fingerprint density at radius 1 is 0.967 bits per heavy atom. The molecule has 8 heteroatoms. The number of benzene rings is 2. The normalized spacial score (nSPS) is 11.9. The Kier molecular flexibility index (Phi) is 6.59. The van der Waals surface area contributed by atoms with E-state index in [1.165, 1.54) is 16.2 Å². The average molecular weight is 446 g/mol. The molecule has 30 heavy (non-hydrogen) atoms. The average Bonchev–Trinajstić information content (AvgIpc) is 3.11. The molecule has 0 fully saturated rings. The number of carbonyl (C=O) groups is 1. The molecule has 1 amide bonds. The predicted molar refractivity (Wildman–Crippen MR) is 123 cm³/mol. The van der Waals surface area contributed by atoms with Gasteiger partial charge in [0.1, 0.15) is 5.75 Å². The van der Waals surface area contributed by atoms with E-state index in [0.29, 0.717) is 18.2 Å². The number of thiazole rings is 1. The highest BCUT2D eigenvalue weighted by Crippen LogP contribution is 2.33. The lowest BCUT2D eigenvalue weighted by molar-refractivity contribution is -0.116. The highest BCUT2D eigenvalue weighted by molar-refractivity contribution is 7.92. The van der Waals surface area contributed by atoms with Gasteiger partial charge in [-0.1, -0.05) is 41.2 Å². The molecule has 3 rings (SSSR count). The SMILES string of the molecule is Cc1ccc(S(=O)(=O)CC(=O)N(CCN(C)C)c2nc3c(C)ccc(C)c3s2)cc1. The van der Waals surface area contributed by atoms with E-state index in [1.807, 2.05) is 51.9 Å². The second kappa shape index (κ2) is 8.83. The summed E-state index contributed by atoms with van der Waals surface area (Å²) in [5.41, 5.74) is 3.95. The lowest BCUT2D eigenvalue weighted by Gasteiger charge is -2.22. The molecule has 0 spiro atoms. The zero-order valence-corrected chi connectivity index (χ0v) is 19.6. The first-order valence-corrected chi connectivity index (χ1v) is 12.2. The van der Waals surface area contributed by atoms with Gasteiger partial charge in [0.25, 0.3) is 0 Å². The first-order valence-electron chi connectivity index (χ1n) is 9.70. The maximum atomic E-state index is 13.2. The van der Waals surface area contributed by atoms with Crippen LogP contribution in [0.2, 0.25) is 0 Å². The van der Waals surface area contributed by atoms with Gasteiger partial charge in [-0.2, -0.15) is 0 Å². The Balaban J connectivity index is 1.95. The second-order valence-electron chi connectivity index (χ2n) is 7.79. The fourth-order valence-corrected chi connectivity index (χ4v) is 5.41. The van der Waals surface area contributed by atoms with Gasteiger partial charge in [-0.25, -0.2) is 13.4 Å². The number of rotatable bonds is 7. The summed E-state index contributed by atoms with van der Waals surface area (Å²) in [6, 6.07) is 10.6. The minimum absolute atomic E-state index is 0.157. The van der Waals surface area contributed by atoms with Crippen molar-refractivity contribution in [3.05, 3.63) is 53.1 Å². The fourth-order valence-electron chi connectivity index (χ4n) is 3.06. The van der Waals surface area contributed by atoms with Crippen LogP contribution in [0.4, 0.5) is 5.13 Å².